The van der Waals surface area contributed by atoms with Crippen molar-refractivity contribution < 1.29 is 0 Å². The quantitative estimate of drug-likeness (QED) is 0.748. The number of benzene rings is 1. The minimum Gasteiger partial charge on any atom is -0.382 e. The zero-order valence-corrected chi connectivity index (χ0v) is 13.2. The number of anilines is 1. The SMILES string of the molecule is CCC(C)CC(CC)Nc1ccc(CN(C)C)cc1. The van der Waals surface area contributed by atoms with E-state index in [9.17, 15) is 0 Å². The molecule has 1 aromatic carbocycles. The highest BCUT2D eigenvalue weighted by atomic mass is 15.0. The highest BCUT2D eigenvalue weighted by Gasteiger charge is 2.10. The first-order valence-electron chi connectivity index (χ1n) is 7.55. The van der Waals surface area contributed by atoms with Crippen molar-refractivity contribution in [3.05, 3.63) is 29.8 Å². The van der Waals surface area contributed by atoms with Crippen LogP contribution in [0.4, 0.5) is 5.69 Å². The standard InChI is InChI=1S/C17H30N2/c1-6-14(3)12-16(7-2)18-17-10-8-15(9-11-17)13-19(4)5/h8-11,14,16,18H,6-7,12-13H2,1-5H3. The van der Waals surface area contributed by atoms with Crippen LogP contribution in [0.1, 0.15) is 45.6 Å². The molecule has 1 N–H and O–H groups in total. The van der Waals surface area contributed by atoms with Crippen molar-refractivity contribution in [2.75, 3.05) is 19.4 Å². The molecule has 0 aliphatic heterocycles. The second-order valence-electron chi connectivity index (χ2n) is 5.93. The summed E-state index contributed by atoms with van der Waals surface area (Å²) < 4.78 is 0. The summed E-state index contributed by atoms with van der Waals surface area (Å²) >= 11 is 0. The first-order chi connectivity index (χ1) is 9.05. The van der Waals surface area contributed by atoms with Crippen LogP contribution in [0.3, 0.4) is 0 Å². The summed E-state index contributed by atoms with van der Waals surface area (Å²) in [5.74, 6) is 0.797. The van der Waals surface area contributed by atoms with Crippen molar-refractivity contribution in [3.63, 3.8) is 0 Å². The van der Waals surface area contributed by atoms with Crippen LogP contribution >= 0.6 is 0 Å². The lowest BCUT2D eigenvalue weighted by molar-refractivity contribution is 0.402. The van der Waals surface area contributed by atoms with Gasteiger partial charge in [0.05, 0.1) is 0 Å². The molecular formula is C17H30N2. The zero-order chi connectivity index (χ0) is 14.3. The van der Waals surface area contributed by atoms with Crippen LogP contribution in [0.15, 0.2) is 24.3 Å². The van der Waals surface area contributed by atoms with Gasteiger partial charge in [-0.3, -0.25) is 0 Å². The van der Waals surface area contributed by atoms with Crippen LogP contribution in [0.25, 0.3) is 0 Å². The van der Waals surface area contributed by atoms with E-state index in [1.165, 1.54) is 30.5 Å². The minimum atomic E-state index is 0.592. The normalized spacial score (nSPS) is 14.4. The maximum Gasteiger partial charge on any atom is 0.0342 e. The molecule has 0 aliphatic rings. The smallest absolute Gasteiger partial charge is 0.0342 e. The number of nitrogens with zero attached hydrogens (tertiary/aromatic N) is 1. The summed E-state index contributed by atoms with van der Waals surface area (Å²) in [4.78, 5) is 2.19. The van der Waals surface area contributed by atoms with Crippen LogP contribution in [0.5, 0.6) is 0 Å². The van der Waals surface area contributed by atoms with Gasteiger partial charge in [0, 0.05) is 18.3 Å². The first kappa shape index (κ1) is 16.0. The topological polar surface area (TPSA) is 15.3 Å². The van der Waals surface area contributed by atoms with Gasteiger partial charge in [0.15, 0.2) is 0 Å². The van der Waals surface area contributed by atoms with E-state index in [-0.39, 0.29) is 0 Å². The summed E-state index contributed by atoms with van der Waals surface area (Å²) in [5, 5.41) is 3.66. The molecule has 2 unspecified atom stereocenters. The van der Waals surface area contributed by atoms with Gasteiger partial charge < -0.3 is 10.2 Å². The molecule has 19 heavy (non-hydrogen) atoms. The second kappa shape index (κ2) is 8.21. The maximum atomic E-state index is 3.66. The van der Waals surface area contributed by atoms with Crippen LogP contribution in [0, 0.1) is 5.92 Å². The Morgan fingerprint density at radius 1 is 1.05 bits per heavy atom. The Balaban J connectivity index is 2.55. The molecule has 0 radical (unpaired) electrons. The van der Waals surface area contributed by atoms with Crippen molar-refractivity contribution in [3.8, 4) is 0 Å². The predicted molar refractivity (Wildman–Crippen MR) is 85.6 cm³/mol. The molecular weight excluding hydrogens is 232 g/mol. The number of hydrogen-bond acceptors (Lipinski definition) is 2. The molecule has 2 nitrogen and oxygen atoms in total. The average molecular weight is 262 g/mol. The number of hydrogen-bond donors (Lipinski definition) is 1. The Morgan fingerprint density at radius 3 is 2.16 bits per heavy atom. The molecule has 0 spiro atoms. The summed E-state index contributed by atoms with van der Waals surface area (Å²) in [7, 11) is 4.21. The Hall–Kier alpha value is -1.02. The fraction of sp³-hybridized carbons (Fsp3) is 0.647. The lowest BCUT2D eigenvalue weighted by Gasteiger charge is -2.21. The van der Waals surface area contributed by atoms with Crippen LogP contribution in [-0.2, 0) is 6.54 Å². The minimum absolute atomic E-state index is 0.592. The van der Waals surface area contributed by atoms with Crippen LogP contribution in [-0.4, -0.2) is 25.0 Å². The van der Waals surface area contributed by atoms with Gasteiger partial charge in [-0.25, -0.2) is 0 Å². The maximum absolute atomic E-state index is 3.66. The number of rotatable bonds is 8. The molecule has 1 rings (SSSR count). The monoisotopic (exact) mass is 262 g/mol. The van der Waals surface area contributed by atoms with E-state index in [2.05, 4.69) is 69.3 Å². The van der Waals surface area contributed by atoms with E-state index >= 15 is 0 Å². The summed E-state index contributed by atoms with van der Waals surface area (Å²) in [6.45, 7) is 7.88. The Labute approximate surface area is 119 Å². The molecule has 2 atom stereocenters. The lowest BCUT2D eigenvalue weighted by atomic mass is 9.97. The van der Waals surface area contributed by atoms with Crippen molar-refractivity contribution >= 4 is 5.69 Å². The van der Waals surface area contributed by atoms with Crippen molar-refractivity contribution in [1.29, 1.82) is 0 Å². The van der Waals surface area contributed by atoms with Gasteiger partial charge in [-0.2, -0.15) is 0 Å². The molecule has 1 aromatic rings. The molecule has 0 bridgehead atoms. The van der Waals surface area contributed by atoms with E-state index in [1.807, 2.05) is 0 Å². The molecule has 0 fully saturated rings. The van der Waals surface area contributed by atoms with E-state index in [0.717, 1.165) is 12.5 Å². The highest BCUT2D eigenvalue weighted by Crippen LogP contribution is 2.18. The average Bonchev–Trinajstić information content (AvgIpc) is 2.39. The largest absolute Gasteiger partial charge is 0.382 e. The fourth-order valence-corrected chi connectivity index (χ4v) is 2.29. The molecule has 0 aromatic heterocycles. The third-order valence-corrected chi connectivity index (χ3v) is 3.70. The van der Waals surface area contributed by atoms with E-state index in [4.69, 9.17) is 0 Å². The zero-order valence-electron chi connectivity index (χ0n) is 13.2. The fourth-order valence-electron chi connectivity index (χ4n) is 2.29. The molecule has 0 aliphatic carbocycles. The van der Waals surface area contributed by atoms with E-state index < -0.39 is 0 Å². The molecule has 2 heteroatoms. The number of nitrogens with one attached hydrogen (secondary N) is 1. The summed E-state index contributed by atoms with van der Waals surface area (Å²) in [6.07, 6.45) is 3.70. The third-order valence-electron chi connectivity index (χ3n) is 3.70. The van der Waals surface area contributed by atoms with E-state index in [0.29, 0.717) is 6.04 Å². The molecule has 108 valence electrons. The van der Waals surface area contributed by atoms with Gasteiger partial charge >= 0.3 is 0 Å². The highest BCUT2D eigenvalue weighted by molar-refractivity contribution is 5.45. The van der Waals surface area contributed by atoms with Gasteiger partial charge in [0.25, 0.3) is 0 Å². The lowest BCUT2D eigenvalue weighted by Crippen LogP contribution is -2.21. The Bertz CT molecular complexity index is 343. The van der Waals surface area contributed by atoms with Crippen LogP contribution in [0.2, 0.25) is 0 Å². The van der Waals surface area contributed by atoms with Gasteiger partial charge in [-0.1, -0.05) is 39.3 Å². The molecule has 0 amide bonds. The van der Waals surface area contributed by atoms with Gasteiger partial charge in [0.2, 0.25) is 0 Å². The summed E-state index contributed by atoms with van der Waals surface area (Å²) in [6, 6.07) is 9.45. The van der Waals surface area contributed by atoms with Gasteiger partial charge in [-0.05, 0) is 50.6 Å². The van der Waals surface area contributed by atoms with E-state index in [1.54, 1.807) is 0 Å². The van der Waals surface area contributed by atoms with Gasteiger partial charge in [0.1, 0.15) is 0 Å². The van der Waals surface area contributed by atoms with Crippen LogP contribution < -0.4 is 5.32 Å². The van der Waals surface area contributed by atoms with Crippen molar-refractivity contribution in [2.24, 2.45) is 5.92 Å². The van der Waals surface area contributed by atoms with Crippen molar-refractivity contribution in [2.45, 2.75) is 52.6 Å². The first-order valence-corrected chi connectivity index (χ1v) is 7.55. The Kier molecular flexibility index (Phi) is 6.93. The molecule has 0 saturated heterocycles. The van der Waals surface area contributed by atoms with Crippen molar-refractivity contribution in [1.82, 2.24) is 4.90 Å². The molecule has 0 heterocycles. The Morgan fingerprint density at radius 2 is 1.68 bits per heavy atom. The molecule has 0 saturated carbocycles. The predicted octanol–water partition coefficient (Wildman–Crippen LogP) is 4.37. The summed E-state index contributed by atoms with van der Waals surface area (Å²) in [5.41, 5.74) is 2.61. The third kappa shape index (κ3) is 6.11. The second-order valence-corrected chi connectivity index (χ2v) is 5.93. The van der Waals surface area contributed by atoms with Gasteiger partial charge in [-0.15, -0.1) is 0 Å².